The van der Waals surface area contributed by atoms with Crippen molar-refractivity contribution in [1.29, 1.82) is 0 Å². The molecule has 0 unspecified atom stereocenters. The van der Waals surface area contributed by atoms with Crippen LogP contribution in [-0.2, 0) is 0 Å². The van der Waals surface area contributed by atoms with Crippen LogP contribution >= 0.6 is 0 Å². The minimum absolute atomic E-state index is 0. The van der Waals surface area contributed by atoms with E-state index < -0.39 is 21.8 Å². The summed E-state index contributed by atoms with van der Waals surface area (Å²) in [5.41, 5.74) is 0. The molecule has 0 spiro atoms. The second kappa shape index (κ2) is 13.5. The van der Waals surface area contributed by atoms with E-state index in [4.69, 9.17) is 0 Å². The molecule has 0 N–H and O–H groups in total. The largest absolute Gasteiger partial charge is 1.00 e. The van der Waals surface area contributed by atoms with Crippen LogP contribution in [0.3, 0.4) is 0 Å². The quantitative estimate of drug-likeness (QED) is 0.364. The summed E-state index contributed by atoms with van der Waals surface area (Å²) in [7, 11) is -18.0. The van der Waals surface area contributed by atoms with Crippen molar-refractivity contribution in [2.24, 2.45) is 0 Å². The fourth-order valence-electron chi connectivity index (χ4n) is 0. The van der Waals surface area contributed by atoms with Crippen molar-refractivity contribution in [1.82, 2.24) is 0 Å². The van der Waals surface area contributed by atoms with Gasteiger partial charge in [-0.3, -0.25) is 0 Å². The van der Waals surface area contributed by atoms with Crippen molar-refractivity contribution in [3.8, 4) is 0 Å². The van der Waals surface area contributed by atoms with Gasteiger partial charge in [0.1, 0.15) is 0 Å². The van der Waals surface area contributed by atoms with Crippen molar-refractivity contribution < 1.29 is 82.8 Å². The third-order valence-electron chi connectivity index (χ3n) is 0. The average molecular weight is 312 g/mol. The van der Waals surface area contributed by atoms with Gasteiger partial charge >= 0.3 is 51.3 Å². The minimum Gasteiger partial charge on any atom is -1.00 e. The molecule has 0 saturated heterocycles. The van der Waals surface area contributed by atoms with E-state index in [1.54, 1.807) is 0 Å². The number of halogens is 12. The Balaban J connectivity index is -0.0000000298. The van der Waals surface area contributed by atoms with E-state index >= 15 is 0 Å². The molecule has 0 aromatic heterocycles. The van der Waals surface area contributed by atoms with Crippen LogP contribution in [0.1, 0.15) is 1.43 Å². The second-order valence-corrected chi connectivity index (χ2v) is 1.48. The maximum atomic E-state index is 9.75. The Hall–Kier alpha value is 0.0948. The summed E-state index contributed by atoms with van der Waals surface area (Å²) in [5.74, 6) is 0. The van der Waals surface area contributed by atoms with Gasteiger partial charge in [-0.15, -0.1) is 13.2 Å². The van der Waals surface area contributed by atoms with Crippen LogP contribution in [0.15, 0.2) is 13.2 Å². The third-order valence-corrected chi connectivity index (χ3v) is 0. The van der Waals surface area contributed by atoms with Crippen molar-refractivity contribution in [2.75, 3.05) is 0 Å². The van der Waals surface area contributed by atoms with Gasteiger partial charge in [-0.25, -0.2) is 0 Å². The van der Waals surface area contributed by atoms with Gasteiger partial charge in [0.25, 0.3) is 0 Å². The van der Waals surface area contributed by atoms with E-state index in [1.807, 2.05) is 0 Å². The summed E-state index contributed by atoms with van der Waals surface area (Å²) < 4.78 is 117. The van der Waals surface area contributed by atoms with Crippen LogP contribution < -0.4 is 29.6 Å². The molecule has 0 bridgehead atoms. The molecule has 0 aliphatic carbocycles. The van der Waals surface area contributed by atoms with Gasteiger partial charge in [-0.2, -0.15) is 0 Å². The maximum Gasteiger partial charge on any atom is 1.00 e. The van der Waals surface area contributed by atoms with E-state index in [0.717, 1.165) is 0 Å². The molecule has 0 rings (SSSR count). The molecule has 110 valence electrons. The van der Waals surface area contributed by atoms with Gasteiger partial charge in [-0.1, -0.05) is 0 Å². The van der Waals surface area contributed by atoms with Gasteiger partial charge in [0.05, 0.1) is 0 Å². The van der Waals surface area contributed by atoms with E-state index in [-0.39, 0.29) is 31.0 Å². The van der Waals surface area contributed by atoms with Gasteiger partial charge in [0, 0.05) is 0 Å². The topological polar surface area (TPSA) is 0 Å². The first kappa shape index (κ1) is 30.8. The molecule has 0 aromatic rings. The molecule has 0 aromatic carbocycles. The zero-order valence-corrected chi connectivity index (χ0v) is 10.7. The van der Waals surface area contributed by atoms with Crippen LogP contribution in [0.25, 0.3) is 0 Å². The molecule has 16 heteroatoms. The van der Waals surface area contributed by atoms with E-state index in [9.17, 15) is 51.8 Å². The average Bonchev–Trinajstić information content (AvgIpc) is 1.77. The first-order valence-corrected chi connectivity index (χ1v) is 3.12. The monoisotopic (exact) mass is 313 g/mol. The second-order valence-electron chi connectivity index (χ2n) is 1.48. The van der Waals surface area contributed by atoms with E-state index in [1.165, 1.54) is 0 Å². The number of hydrogen-bond donors (Lipinski definition) is 0. The molecule has 18 heavy (non-hydrogen) atoms. The van der Waals surface area contributed by atoms with Crippen molar-refractivity contribution in [3.05, 3.63) is 13.2 Å². The number of hydrogen-bond acceptors (Lipinski definition) is 0. The summed E-state index contributed by atoms with van der Waals surface area (Å²) in [6.45, 7) is 6.00. The Labute approximate surface area is 118 Å². The molecule has 0 aliphatic rings. The Bertz CT molecular complexity index is 117. The molecular formula is C2H5B3F12Na-3. The molecule has 0 radical (unpaired) electrons. The summed E-state index contributed by atoms with van der Waals surface area (Å²) in [6.07, 6.45) is 0. The van der Waals surface area contributed by atoms with Crippen LogP contribution in [0, 0.1) is 0 Å². The summed E-state index contributed by atoms with van der Waals surface area (Å²) in [4.78, 5) is 0. The first-order chi connectivity index (χ1) is 7.00. The molecule has 0 amide bonds. The predicted molar refractivity (Wildman–Crippen MR) is 42.9 cm³/mol. The Morgan fingerprint density at radius 3 is 0.444 bits per heavy atom. The van der Waals surface area contributed by atoms with Crippen LogP contribution in [0.2, 0.25) is 0 Å². The SMILES string of the molecule is C=C.F[B-](F)(F)F.F[B-](F)(F)F.F[B-](F)(F)F.[H-].[Na+]. The molecule has 0 atom stereocenters. The maximum absolute atomic E-state index is 9.75. The predicted octanol–water partition coefficient (Wildman–Crippen LogP) is 1.82. The van der Waals surface area contributed by atoms with Crippen LogP contribution in [0.4, 0.5) is 51.8 Å². The first-order valence-electron chi connectivity index (χ1n) is 3.12. The fourth-order valence-corrected chi connectivity index (χ4v) is 0. The van der Waals surface area contributed by atoms with Crippen molar-refractivity contribution >= 4 is 21.8 Å². The summed E-state index contributed by atoms with van der Waals surface area (Å²) in [6, 6.07) is 0. The minimum atomic E-state index is -6.00. The van der Waals surface area contributed by atoms with Gasteiger partial charge in [0.2, 0.25) is 0 Å². The summed E-state index contributed by atoms with van der Waals surface area (Å²) >= 11 is 0. The number of rotatable bonds is 0. The van der Waals surface area contributed by atoms with Gasteiger partial charge in [-0.05, 0) is 0 Å². The molecule has 0 saturated carbocycles. The van der Waals surface area contributed by atoms with E-state index in [2.05, 4.69) is 13.2 Å². The Kier molecular flexibility index (Phi) is 23.2. The fraction of sp³-hybridized carbons (Fsp3) is 0. The smallest absolute Gasteiger partial charge is 1.00 e. The molecule has 0 fully saturated rings. The Morgan fingerprint density at radius 1 is 0.444 bits per heavy atom. The van der Waals surface area contributed by atoms with E-state index in [0.29, 0.717) is 0 Å². The zero-order chi connectivity index (χ0) is 15.5. The normalized spacial score (nSPS) is 10.2. The zero-order valence-electron chi connectivity index (χ0n) is 9.68. The van der Waals surface area contributed by atoms with Crippen LogP contribution in [-0.4, -0.2) is 21.8 Å². The molecule has 0 heterocycles. The van der Waals surface area contributed by atoms with Gasteiger partial charge in [0.15, 0.2) is 0 Å². The molecular weight excluding hydrogens is 307 g/mol. The standard InChI is InChI=1S/C2H4.3BF4.Na.H/c1-2;3*2-1(3,4)5;;/h1-2H2;;;;;/q;3*-1;+1;-1. The summed E-state index contributed by atoms with van der Waals surface area (Å²) in [5, 5.41) is 0. The molecule has 0 aliphatic heterocycles. The van der Waals surface area contributed by atoms with Crippen LogP contribution in [0.5, 0.6) is 0 Å². The van der Waals surface area contributed by atoms with Crippen molar-refractivity contribution in [3.63, 3.8) is 0 Å². The Morgan fingerprint density at radius 2 is 0.444 bits per heavy atom. The van der Waals surface area contributed by atoms with Crippen molar-refractivity contribution in [2.45, 2.75) is 0 Å². The molecule has 0 nitrogen and oxygen atoms in total. The third kappa shape index (κ3) is 408000. The van der Waals surface area contributed by atoms with Gasteiger partial charge < -0.3 is 53.2 Å².